The molecular weight excluding hydrogens is 224 g/mol. The second-order valence-electron chi connectivity index (χ2n) is 2.59. The number of aromatic nitrogens is 4. The molecule has 78 valence electrons. The van der Waals surface area contributed by atoms with Crippen LogP contribution >= 0.6 is 24.0 Å². The van der Waals surface area contributed by atoms with Gasteiger partial charge in [0.1, 0.15) is 0 Å². The van der Waals surface area contributed by atoms with Crippen molar-refractivity contribution >= 4 is 29.9 Å². The Morgan fingerprint density at radius 1 is 1.86 bits per heavy atom. The lowest BCUT2D eigenvalue weighted by molar-refractivity contribution is -0.141. The summed E-state index contributed by atoms with van der Waals surface area (Å²) in [4.78, 5) is 10.9. The van der Waals surface area contributed by atoms with Gasteiger partial charge in [-0.3, -0.25) is 0 Å². The molecule has 6 nitrogen and oxygen atoms in total. The van der Waals surface area contributed by atoms with Crippen LogP contribution in [0.4, 0.5) is 0 Å². The van der Waals surface area contributed by atoms with Gasteiger partial charge in [-0.1, -0.05) is 10.3 Å². The highest BCUT2D eigenvalue weighted by molar-refractivity contribution is 7.98. The third-order valence-electron chi connectivity index (χ3n) is 1.69. The first-order valence-corrected chi connectivity index (χ1v) is 5.68. The first-order chi connectivity index (χ1) is 6.66. The van der Waals surface area contributed by atoms with Gasteiger partial charge < -0.3 is 5.11 Å². The summed E-state index contributed by atoms with van der Waals surface area (Å²) in [6, 6.07) is -0.704. The smallest absolute Gasteiger partial charge is 0.328 e. The third-order valence-corrected chi connectivity index (χ3v) is 2.61. The Kier molecular flexibility index (Phi) is 4.08. The number of hydrogen-bond acceptors (Lipinski definition) is 5. The van der Waals surface area contributed by atoms with Crippen LogP contribution in [0.2, 0.25) is 0 Å². The number of nitrogens with zero attached hydrogens (tertiary/aromatic N) is 3. The van der Waals surface area contributed by atoms with Gasteiger partial charge in [-0.25, -0.2) is 9.48 Å². The van der Waals surface area contributed by atoms with E-state index in [1.165, 1.54) is 4.68 Å². The largest absolute Gasteiger partial charge is 0.480 e. The Morgan fingerprint density at radius 3 is 3.00 bits per heavy atom. The van der Waals surface area contributed by atoms with Gasteiger partial charge in [0.15, 0.2) is 6.04 Å². The lowest BCUT2D eigenvalue weighted by atomic mass is 10.2. The number of carboxylic acid groups (broad SMARTS) is 1. The van der Waals surface area contributed by atoms with E-state index in [1.54, 1.807) is 11.8 Å². The molecule has 0 aliphatic heterocycles. The Hall–Kier alpha value is -0.890. The zero-order valence-corrected chi connectivity index (χ0v) is 9.14. The van der Waals surface area contributed by atoms with Crippen LogP contribution in [0.3, 0.4) is 0 Å². The van der Waals surface area contributed by atoms with Crippen LogP contribution in [-0.4, -0.2) is 43.3 Å². The molecule has 1 atom stereocenters. The molecule has 0 aromatic carbocycles. The maximum atomic E-state index is 10.9. The first kappa shape index (κ1) is 11.2. The topological polar surface area (TPSA) is 83.8 Å². The predicted molar refractivity (Wildman–Crippen MR) is 54.9 cm³/mol. The minimum absolute atomic E-state index is 0.165. The van der Waals surface area contributed by atoms with E-state index in [4.69, 9.17) is 17.3 Å². The van der Waals surface area contributed by atoms with Crippen molar-refractivity contribution in [1.29, 1.82) is 0 Å². The van der Waals surface area contributed by atoms with Crippen molar-refractivity contribution in [3.05, 3.63) is 4.77 Å². The number of hydrogen-bond donors (Lipinski definition) is 2. The maximum Gasteiger partial charge on any atom is 0.328 e. The van der Waals surface area contributed by atoms with Gasteiger partial charge in [0.25, 0.3) is 0 Å². The number of thioether (sulfide) groups is 1. The standard InChI is InChI=1S/C6H10N4O2S2/c1-14-3-2-4(5(11)12)10-6(13)7-8-9-10/h4H,2-3H2,1H3,(H,11,12)(H,7,9,13). The van der Waals surface area contributed by atoms with Crippen LogP contribution in [0.1, 0.15) is 12.5 Å². The number of rotatable bonds is 5. The van der Waals surface area contributed by atoms with Gasteiger partial charge in [0, 0.05) is 0 Å². The van der Waals surface area contributed by atoms with Crippen LogP contribution in [0.15, 0.2) is 0 Å². The van der Waals surface area contributed by atoms with Crippen LogP contribution in [0.25, 0.3) is 0 Å². The molecule has 8 heteroatoms. The summed E-state index contributed by atoms with van der Waals surface area (Å²) < 4.78 is 1.45. The van der Waals surface area contributed by atoms with Gasteiger partial charge in [-0.15, -0.1) is 0 Å². The fourth-order valence-corrected chi connectivity index (χ4v) is 1.67. The summed E-state index contributed by atoms with van der Waals surface area (Å²) in [5.41, 5.74) is 0. The lowest BCUT2D eigenvalue weighted by Crippen LogP contribution is -2.21. The molecule has 0 saturated carbocycles. The third kappa shape index (κ3) is 2.55. The summed E-state index contributed by atoms with van der Waals surface area (Å²) in [6.45, 7) is 0. The van der Waals surface area contributed by atoms with E-state index < -0.39 is 12.0 Å². The maximum absolute atomic E-state index is 10.9. The quantitative estimate of drug-likeness (QED) is 0.730. The number of aliphatic carboxylic acids is 1. The van der Waals surface area contributed by atoms with E-state index >= 15 is 0 Å². The molecule has 1 unspecified atom stereocenters. The van der Waals surface area contributed by atoms with E-state index in [-0.39, 0.29) is 4.77 Å². The Bertz CT molecular complexity index is 361. The molecule has 0 bridgehead atoms. The molecule has 0 amide bonds. The van der Waals surface area contributed by atoms with Crippen LogP contribution in [0, 0.1) is 4.77 Å². The molecule has 1 aromatic rings. The van der Waals surface area contributed by atoms with Gasteiger partial charge in [-0.2, -0.15) is 17.0 Å². The molecule has 0 fully saturated rings. The number of tetrazole rings is 1. The molecule has 2 N–H and O–H groups in total. The average molecular weight is 234 g/mol. The van der Waals surface area contributed by atoms with Gasteiger partial charge in [0.05, 0.1) is 0 Å². The van der Waals surface area contributed by atoms with Gasteiger partial charge in [0.2, 0.25) is 4.77 Å². The molecule has 1 heterocycles. The second-order valence-corrected chi connectivity index (χ2v) is 3.94. The highest BCUT2D eigenvalue weighted by atomic mass is 32.2. The SMILES string of the molecule is CSCCC(C(=O)O)n1[nH]nnc1=S. The van der Waals surface area contributed by atoms with Crippen molar-refractivity contribution < 1.29 is 9.90 Å². The van der Waals surface area contributed by atoms with E-state index in [9.17, 15) is 4.79 Å². The zero-order chi connectivity index (χ0) is 10.6. The van der Waals surface area contributed by atoms with E-state index in [1.807, 2.05) is 6.26 Å². The summed E-state index contributed by atoms with van der Waals surface area (Å²) in [5, 5.41) is 18.4. The molecule has 0 aliphatic carbocycles. The van der Waals surface area contributed by atoms with Crippen LogP contribution in [0.5, 0.6) is 0 Å². The van der Waals surface area contributed by atoms with Crippen molar-refractivity contribution in [3.8, 4) is 0 Å². The van der Waals surface area contributed by atoms with Crippen LogP contribution in [-0.2, 0) is 4.79 Å². The molecule has 14 heavy (non-hydrogen) atoms. The Labute approximate surface area is 89.7 Å². The summed E-state index contributed by atoms with van der Waals surface area (Å²) in [6.07, 6.45) is 2.41. The molecule has 0 radical (unpaired) electrons. The van der Waals surface area contributed by atoms with Crippen molar-refractivity contribution in [3.63, 3.8) is 0 Å². The molecule has 1 rings (SSSR count). The minimum Gasteiger partial charge on any atom is -0.480 e. The van der Waals surface area contributed by atoms with Crippen LogP contribution < -0.4 is 0 Å². The molecule has 0 aliphatic rings. The number of carbonyl (C=O) groups is 1. The normalized spacial score (nSPS) is 12.6. The average Bonchev–Trinajstić information content (AvgIpc) is 2.52. The summed E-state index contributed by atoms with van der Waals surface area (Å²) in [7, 11) is 0. The van der Waals surface area contributed by atoms with Gasteiger partial charge in [-0.05, 0) is 30.6 Å². The van der Waals surface area contributed by atoms with Crippen molar-refractivity contribution in [2.75, 3.05) is 12.0 Å². The number of nitrogens with one attached hydrogen (secondary N) is 1. The van der Waals surface area contributed by atoms with E-state index in [2.05, 4.69) is 15.5 Å². The molecule has 0 saturated heterocycles. The highest BCUT2D eigenvalue weighted by Gasteiger charge is 2.20. The minimum atomic E-state index is -0.929. The summed E-state index contributed by atoms with van der Waals surface area (Å²) >= 11 is 6.40. The molecule has 1 aromatic heterocycles. The highest BCUT2D eigenvalue weighted by Crippen LogP contribution is 2.13. The Balaban J connectivity index is 2.83. The second kappa shape index (κ2) is 5.11. The van der Waals surface area contributed by atoms with Crippen molar-refractivity contribution in [2.24, 2.45) is 0 Å². The van der Waals surface area contributed by atoms with E-state index in [0.717, 1.165) is 5.75 Å². The predicted octanol–water partition coefficient (Wildman–Crippen LogP) is 0.714. The number of aromatic amines is 1. The molecular formula is C6H10N4O2S2. The fraction of sp³-hybridized carbons (Fsp3) is 0.667. The number of carboxylic acids is 1. The lowest BCUT2D eigenvalue weighted by Gasteiger charge is -2.10. The van der Waals surface area contributed by atoms with Gasteiger partial charge >= 0.3 is 5.97 Å². The van der Waals surface area contributed by atoms with Crippen molar-refractivity contribution in [1.82, 2.24) is 20.2 Å². The monoisotopic (exact) mass is 234 g/mol. The Morgan fingerprint density at radius 2 is 2.57 bits per heavy atom. The van der Waals surface area contributed by atoms with Crippen molar-refractivity contribution in [2.45, 2.75) is 12.5 Å². The summed E-state index contributed by atoms with van der Waals surface area (Å²) in [5.74, 6) is -0.182. The molecule has 0 spiro atoms. The fourth-order valence-electron chi connectivity index (χ4n) is 1.000. The number of H-pyrrole nitrogens is 1. The first-order valence-electron chi connectivity index (χ1n) is 3.88. The van der Waals surface area contributed by atoms with E-state index in [0.29, 0.717) is 6.42 Å². The zero-order valence-electron chi connectivity index (χ0n) is 7.51.